The van der Waals surface area contributed by atoms with Crippen LogP contribution < -0.4 is 9.88 Å². The van der Waals surface area contributed by atoms with E-state index >= 15 is 0 Å². The highest BCUT2D eigenvalue weighted by Crippen LogP contribution is 2.21. The molecule has 158 valence electrons. The van der Waals surface area contributed by atoms with Gasteiger partial charge in [-0.25, -0.2) is 4.79 Å². The van der Waals surface area contributed by atoms with Crippen LogP contribution in [0.1, 0.15) is 21.5 Å². The smallest absolute Gasteiger partial charge is 0.436 e. The number of carbonyl (C=O) groups excluding carboxylic acids is 2. The Balaban J connectivity index is 1.38. The van der Waals surface area contributed by atoms with E-state index in [0.29, 0.717) is 22.5 Å². The fraction of sp³-hybridized carbons (Fsp3) is 0.0400. The van der Waals surface area contributed by atoms with Crippen LogP contribution in [0.2, 0.25) is 0 Å². The highest BCUT2D eigenvalue weighted by Gasteiger charge is 2.32. The van der Waals surface area contributed by atoms with Gasteiger partial charge in [0, 0.05) is 0 Å². The van der Waals surface area contributed by atoms with Gasteiger partial charge >= 0.3 is 6.09 Å². The van der Waals surface area contributed by atoms with Crippen molar-refractivity contribution in [3.8, 4) is 0 Å². The molecule has 3 heterocycles. The van der Waals surface area contributed by atoms with Gasteiger partial charge in [-0.05, 0) is 23.4 Å². The highest BCUT2D eigenvalue weighted by molar-refractivity contribution is 7.81. The Kier molecular flexibility index (Phi) is 5.41. The van der Waals surface area contributed by atoms with Crippen LogP contribution in [0.25, 0.3) is 10.9 Å². The minimum atomic E-state index is -0.523. The normalized spacial score (nSPS) is 13.0. The zero-order chi connectivity index (χ0) is 21.9. The minimum Gasteiger partial charge on any atom is -0.436 e. The van der Waals surface area contributed by atoms with Crippen molar-refractivity contribution >= 4 is 39.5 Å². The molecule has 0 radical (unpaired) electrons. The second-order valence-corrected chi connectivity index (χ2v) is 8.15. The number of ether oxygens (including phenoxy) is 1. The van der Waals surface area contributed by atoms with Gasteiger partial charge in [-0.15, -0.1) is 24.3 Å². The molecule has 0 atom stereocenters. The van der Waals surface area contributed by atoms with E-state index < -0.39 is 6.09 Å². The van der Waals surface area contributed by atoms with Crippen LogP contribution >= 0.6 is 0 Å². The van der Waals surface area contributed by atoms with Crippen LogP contribution in [0.5, 0.6) is 0 Å². The summed E-state index contributed by atoms with van der Waals surface area (Å²) in [5.41, 5.74) is 2.96. The number of fused-ring (bicyclic) bond motifs is 1. The number of aromatic nitrogens is 2. The molecule has 2 aromatic heterocycles. The van der Waals surface area contributed by atoms with Gasteiger partial charge in [0.2, 0.25) is 0 Å². The van der Waals surface area contributed by atoms with Crippen LogP contribution in [0.15, 0.2) is 85.3 Å². The average molecular weight is 442 g/mol. The third kappa shape index (κ3) is 3.87. The molecule has 0 bridgehead atoms. The first kappa shape index (κ1) is 20.0. The first-order valence-corrected chi connectivity index (χ1v) is 10.9. The average Bonchev–Trinajstić information content (AvgIpc) is 3.49. The van der Waals surface area contributed by atoms with E-state index in [1.807, 2.05) is 77.4 Å². The van der Waals surface area contributed by atoms with Gasteiger partial charge in [-0.2, -0.15) is 4.57 Å². The Morgan fingerprint density at radius 2 is 1.91 bits per heavy atom. The number of pyridine rings is 1. The summed E-state index contributed by atoms with van der Waals surface area (Å²) in [6.45, 7) is 0.161. The summed E-state index contributed by atoms with van der Waals surface area (Å²) in [7, 11) is 0. The number of quaternary nitrogens is 1. The zero-order valence-corrected chi connectivity index (χ0v) is 17.8. The number of benzene rings is 2. The lowest BCUT2D eigenvalue weighted by molar-refractivity contribution is -0.580. The zero-order valence-electron chi connectivity index (χ0n) is 17.0. The molecular formula is C25H19N3O3S. The lowest BCUT2D eigenvalue weighted by atomic mass is 10.0. The van der Waals surface area contributed by atoms with E-state index in [-0.39, 0.29) is 12.4 Å². The van der Waals surface area contributed by atoms with Crippen molar-refractivity contribution in [1.29, 1.82) is 0 Å². The summed E-state index contributed by atoms with van der Waals surface area (Å²) < 4.78 is 6.89. The molecule has 2 aromatic carbocycles. The van der Waals surface area contributed by atoms with Gasteiger partial charge in [-0.3, -0.25) is 0 Å². The standard InChI is InChI=1S/C25H19N3O3S/c29-23(21-16-32-24(27-21)18-9-6-12-26-13-18)20-14-28(22-11-5-4-10-19(20)22)25(30)31-15-17-7-2-1-3-8-17/h1-14,16H,15,27H2. The monoisotopic (exact) mass is 441 g/mol. The van der Waals surface area contributed by atoms with Crippen LogP contribution in [0, 0.1) is 11.4 Å². The highest BCUT2D eigenvalue weighted by atomic mass is 32.1. The summed E-state index contributed by atoms with van der Waals surface area (Å²) in [6, 6.07) is 21.2. The van der Waals surface area contributed by atoms with E-state index in [1.165, 1.54) is 15.9 Å². The molecule has 1 aliphatic rings. The molecule has 1 aliphatic heterocycles. The Hall–Kier alpha value is -3.94. The lowest BCUT2D eigenvalue weighted by Crippen LogP contribution is -2.86. The number of Topliss-reactive ketones (excluding diaryl/α,β-unsaturated/α-hetero) is 1. The number of carbonyl (C=O) groups is 2. The predicted molar refractivity (Wildman–Crippen MR) is 121 cm³/mol. The van der Waals surface area contributed by atoms with E-state index in [1.54, 1.807) is 18.6 Å². The number of hydrogen-bond donors (Lipinski definition) is 1. The summed E-state index contributed by atoms with van der Waals surface area (Å²) in [4.78, 5) is 30.3. The largest absolute Gasteiger partial charge is 0.544 e. The van der Waals surface area contributed by atoms with Crippen molar-refractivity contribution in [2.75, 3.05) is 0 Å². The molecule has 6 nitrogen and oxygen atoms in total. The summed E-state index contributed by atoms with van der Waals surface area (Å²) in [5, 5.41) is 5.38. The van der Waals surface area contributed by atoms with Crippen LogP contribution in [0.4, 0.5) is 4.79 Å². The van der Waals surface area contributed by atoms with Crippen LogP contribution in [-0.4, -0.2) is 22.2 Å². The molecule has 0 fully saturated rings. The van der Waals surface area contributed by atoms with E-state index in [2.05, 4.69) is 4.98 Å². The number of ketones is 1. The fourth-order valence-electron chi connectivity index (χ4n) is 3.57. The second-order valence-electron chi connectivity index (χ2n) is 7.24. The Bertz CT molecular complexity index is 1300. The molecule has 5 rings (SSSR count). The summed E-state index contributed by atoms with van der Waals surface area (Å²) in [6.07, 6.45) is 4.54. The molecule has 2 N–H and O–H groups in total. The molecule has 0 saturated heterocycles. The minimum absolute atomic E-state index is 0.137. The molecule has 0 spiro atoms. The molecule has 4 aromatic rings. The van der Waals surface area contributed by atoms with Gasteiger partial charge in [0.05, 0.1) is 18.0 Å². The number of nitrogens with two attached hydrogens (primary N) is 1. The maximum absolute atomic E-state index is 13.3. The van der Waals surface area contributed by atoms with Crippen LogP contribution in [0.3, 0.4) is 0 Å². The third-order valence-electron chi connectivity index (χ3n) is 5.17. The van der Waals surface area contributed by atoms with Crippen molar-refractivity contribution in [2.45, 2.75) is 6.61 Å². The van der Waals surface area contributed by atoms with Crippen molar-refractivity contribution in [1.82, 2.24) is 4.98 Å². The summed E-state index contributed by atoms with van der Waals surface area (Å²) >= 11 is 1.49. The second kappa shape index (κ2) is 8.66. The van der Waals surface area contributed by atoms with Crippen molar-refractivity contribution in [3.63, 3.8) is 0 Å². The predicted octanol–water partition coefficient (Wildman–Crippen LogP) is 2.14. The van der Waals surface area contributed by atoms with Gasteiger partial charge in [0.1, 0.15) is 12.1 Å². The Morgan fingerprint density at radius 1 is 1.06 bits per heavy atom. The first-order chi connectivity index (χ1) is 15.7. The van der Waals surface area contributed by atoms with Crippen LogP contribution in [-0.2, 0) is 22.7 Å². The third-order valence-corrected chi connectivity index (χ3v) is 6.15. The fourth-order valence-corrected chi connectivity index (χ4v) is 4.45. The molecule has 0 unspecified atom stereocenters. The quantitative estimate of drug-likeness (QED) is 0.169. The Morgan fingerprint density at radius 3 is 2.72 bits per heavy atom. The van der Waals surface area contributed by atoms with Gasteiger partial charge in [-0.1, -0.05) is 53.5 Å². The van der Waals surface area contributed by atoms with Crippen molar-refractivity contribution in [2.24, 2.45) is 0 Å². The molecule has 0 amide bonds. The number of hydrogen-bond acceptors (Lipinski definition) is 4. The van der Waals surface area contributed by atoms with Gasteiger partial charge in [0.15, 0.2) is 16.7 Å². The van der Waals surface area contributed by atoms with E-state index in [0.717, 1.165) is 16.5 Å². The Labute approximate surface area is 188 Å². The summed E-state index contributed by atoms with van der Waals surface area (Å²) in [5.74, 6) is -0.137. The van der Waals surface area contributed by atoms with E-state index in [9.17, 15) is 9.59 Å². The lowest BCUT2D eigenvalue weighted by Gasteiger charge is -2.14. The molecule has 0 saturated carbocycles. The maximum atomic E-state index is 13.3. The number of para-hydroxylation sites is 1. The van der Waals surface area contributed by atoms with Gasteiger partial charge in [0.25, 0.3) is 5.37 Å². The maximum Gasteiger partial charge on any atom is 0.544 e. The molecular weight excluding hydrogens is 422 g/mol. The molecule has 0 aliphatic carbocycles. The number of nitrogens with zero attached hydrogens (tertiary/aromatic N) is 2. The molecule has 32 heavy (non-hydrogen) atoms. The van der Waals surface area contributed by atoms with Crippen molar-refractivity contribution < 1.29 is 24.2 Å². The SMILES string of the molecule is O=C(c1c[n+](C(=O)OCc2ccccc2)[c-]2ccccc12)[C-]1C=[S+][C-](c2cccnc2)[NH2+]1. The van der Waals surface area contributed by atoms with Gasteiger partial charge < -0.3 is 19.8 Å². The topological polar surface area (TPSA) is 76.8 Å². The number of rotatable bonds is 5. The van der Waals surface area contributed by atoms with E-state index in [4.69, 9.17) is 4.74 Å². The first-order valence-electron chi connectivity index (χ1n) is 10.1. The molecule has 7 heteroatoms. The van der Waals surface area contributed by atoms with Crippen molar-refractivity contribution in [3.05, 3.63) is 113 Å².